The predicted molar refractivity (Wildman–Crippen MR) is 123 cm³/mol. The number of hydrogen-bond donors (Lipinski definition) is 1. The van der Waals surface area contributed by atoms with E-state index in [4.69, 9.17) is 0 Å². The molecule has 2 aromatic rings. The van der Waals surface area contributed by atoms with Crippen LogP contribution in [0.1, 0.15) is 29.2 Å². The van der Waals surface area contributed by atoms with E-state index in [0.29, 0.717) is 5.69 Å². The van der Waals surface area contributed by atoms with Gasteiger partial charge in [-0.15, -0.1) is 0 Å². The zero-order valence-corrected chi connectivity index (χ0v) is 19.8. The molecule has 8 heteroatoms. The van der Waals surface area contributed by atoms with Crippen LogP contribution >= 0.6 is 0 Å². The zero-order chi connectivity index (χ0) is 23.3. The number of aryl methyl sites for hydroxylation is 3. The Hall–Kier alpha value is -2.87. The Morgan fingerprint density at radius 3 is 2.13 bits per heavy atom. The first-order valence-corrected chi connectivity index (χ1v) is 11.9. The quantitative estimate of drug-likeness (QED) is 0.677. The molecule has 7 nitrogen and oxygen atoms in total. The summed E-state index contributed by atoms with van der Waals surface area (Å²) < 4.78 is 26.2. The molecule has 0 unspecified atom stereocenters. The molecule has 0 saturated heterocycles. The third-order valence-electron chi connectivity index (χ3n) is 5.19. The van der Waals surface area contributed by atoms with E-state index in [2.05, 4.69) is 5.32 Å². The Bertz CT molecular complexity index is 1050. The minimum atomic E-state index is -3.73. The van der Waals surface area contributed by atoms with Gasteiger partial charge in [0.05, 0.1) is 11.9 Å². The van der Waals surface area contributed by atoms with Crippen molar-refractivity contribution in [1.29, 1.82) is 0 Å². The number of nitrogens with zero attached hydrogens (tertiary/aromatic N) is 2. The van der Waals surface area contributed by atoms with E-state index < -0.39 is 28.5 Å². The SMILES string of the molecule is CNC(=O)[C@H](C)N(Cc1ccccc1C)C(=O)CN(c1cc(C)cc(C)c1)S(C)(=O)=O. The van der Waals surface area contributed by atoms with E-state index in [-0.39, 0.29) is 12.5 Å². The second kappa shape index (κ2) is 9.96. The van der Waals surface area contributed by atoms with Crippen LogP contribution in [0.25, 0.3) is 0 Å². The molecule has 0 bridgehead atoms. The molecule has 0 aliphatic carbocycles. The Labute approximate surface area is 185 Å². The third kappa shape index (κ3) is 6.30. The van der Waals surface area contributed by atoms with Gasteiger partial charge in [0.15, 0.2) is 0 Å². The van der Waals surface area contributed by atoms with Crippen molar-refractivity contribution in [2.75, 3.05) is 24.2 Å². The molecular weight excluding hydrogens is 414 g/mol. The number of rotatable bonds is 8. The van der Waals surface area contributed by atoms with Gasteiger partial charge < -0.3 is 10.2 Å². The maximum atomic E-state index is 13.4. The molecule has 0 heterocycles. The number of benzene rings is 2. The molecule has 2 amide bonds. The van der Waals surface area contributed by atoms with Gasteiger partial charge in [-0.3, -0.25) is 13.9 Å². The van der Waals surface area contributed by atoms with Crippen LogP contribution in [-0.4, -0.2) is 51.0 Å². The van der Waals surface area contributed by atoms with E-state index >= 15 is 0 Å². The summed E-state index contributed by atoms with van der Waals surface area (Å²) in [7, 11) is -2.22. The van der Waals surface area contributed by atoms with E-state index in [1.54, 1.807) is 19.1 Å². The van der Waals surface area contributed by atoms with Crippen LogP contribution in [0.5, 0.6) is 0 Å². The zero-order valence-electron chi connectivity index (χ0n) is 19.0. The summed E-state index contributed by atoms with van der Waals surface area (Å²) >= 11 is 0. The lowest BCUT2D eigenvalue weighted by molar-refractivity contribution is -0.139. The Morgan fingerprint density at radius 1 is 1.03 bits per heavy atom. The van der Waals surface area contributed by atoms with Gasteiger partial charge in [0.25, 0.3) is 0 Å². The number of likely N-dealkylation sites (N-methyl/N-ethyl adjacent to an activating group) is 1. The maximum absolute atomic E-state index is 13.4. The lowest BCUT2D eigenvalue weighted by atomic mass is 10.1. The summed E-state index contributed by atoms with van der Waals surface area (Å²) in [5.74, 6) is -0.775. The van der Waals surface area contributed by atoms with E-state index in [1.807, 2.05) is 51.1 Å². The lowest BCUT2D eigenvalue weighted by Crippen LogP contribution is -2.50. The van der Waals surface area contributed by atoms with Gasteiger partial charge in [-0.25, -0.2) is 8.42 Å². The van der Waals surface area contributed by atoms with Crippen molar-refractivity contribution in [3.63, 3.8) is 0 Å². The molecule has 2 rings (SSSR count). The number of amides is 2. The molecule has 0 fully saturated rings. The fourth-order valence-electron chi connectivity index (χ4n) is 3.47. The number of carbonyl (C=O) groups is 2. The summed E-state index contributed by atoms with van der Waals surface area (Å²) in [5.41, 5.74) is 4.09. The fraction of sp³-hybridized carbons (Fsp3) is 0.391. The lowest BCUT2D eigenvalue weighted by Gasteiger charge is -2.31. The second-order valence-electron chi connectivity index (χ2n) is 7.85. The number of carbonyl (C=O) groups excluding carboxylic acids is 2. The Morgan fingerprint density at radius 2 is 1.61 bits per heavy atom. The highest BCUT2D eigenvalue weighted by Crippen LogP contribution is 2.22. The van der Waals surface area contributed by atoms with Gasteiger partial charge >= 0.3 is 0 Å². The molecule has 0 spiro atoms. The fourth-order valence-corrected chi connectivity index (χ4v) is 4.30. The summed E-state index contributed by atoms with van der Waals surface area (Å²) in [4.78, 5) is 27.1. The molecular formula is C23H31N3O4S. The Balaban J connectivity index is 2.43. The largest absolute Gasteiger partial charge is 0.357 e. The standard InChI is InChI=1S/C23H31N3O4S/c1-16-11-17(2)13-21(12-16)26(31(6,29)30)15-22(27)25(19(4)23(28)24-5)14-20-10-8-7-9-18(20)3/h7-13,19H,14-15H2,1-6H3,(H,24,28)/t19-/m0/s1. The van der Waals surface area contributed by atoms with Crippen molar-refractivity contribution >= 4 is 27.5 Å². The minimum absolute atomic E-state index is 0.199. The Kier molecular flexibility index (Phi) is 7.84. The minimum Gasteiger partial charge on any atom is -0.357 e. The van der Waals surface area contributed by atoms with Gasteiger partial charge in [-0.2, -0.15) is 0 Å². The van der Waals surface area contributed by atoms with Crippen LogP contribution < -0.4 is 9.62 Å². The van der Waals surface area contributed by atoms with E-state index in [0.717, 1.165) is 32.8 Å². The number of sulfonamides is 1. The van der Waals surface area contributed by atoms with Crippen molar-refractivity contribution in [2.24, 2.45) is 0 Å². The smallest absolute Gasteiger partial charge is 0.244 e. The highest BCUT2D eigenvalue weighted by molar-refractivity contribution is 7.92. The first-order chi connectivity index (χ1) is 14.4. The van der Waals surface area contributed by atoms with E-state index in [1.165, 1.54) is 11.9 Å². The van der Waals surface area contributed by atoms with Gasteiger partial charge in [0, 0.05) is 13.6 Å². The van der Waals surface area contributed by atoms with Crippen molar-refractivity contribution < 1.29 is 18.0 Å². The topological polar surface area (TPSA) is 86.8 Å². The third-order valence-corrected chi connectivity index (χ3v) is 6.33. The maximum Gasteiger partial charge on any atom is 0.244 e. The summed E-state index contributed by atoms with van der Waals surface area (Å²) in [6.07, 6.45) is 1.08. The highest BCUT2D eigenvalue weighted by atomic mass is 32.2. The normalized spacial score (nSPS) is 12.2. The summed E-state index contributed by atoms with van der Waals surface area (Å²) in [6.45, 7) is 7.12. The number of nitrogens with one attached hydrogen (secondary N) is 1. The molecule has 168 valence electrons. The first-order valence-electron chi connectivity index (χ1n) is 10.1. The van der Waals surface area contributed by atoms with Gasteiger partial charge in [0.2, 0.25) is 21.8 Å². The second-order valence-corrected chi connectivity index (χ2v) is 9.76. The van der Waals surface area contributed by atoms with Crippen molar-refractivity contribution in [3.05, 3.63) is 64.7 Å². The molecule has 0 aromatic heterocycles. The highest BCUT2D eigenvalue weighted by Gasteiger charge is 2.30. The molecule has 2 aromatic carbocycles. The monoisotopic (exact) mass is 445 g/mol. The molecule has 31 heavy (non-hydrogen) atoms. The van der Waals surface area contributed by atoms with Crippen molar-refractivity contribution in [2.45, 2.75) is 40.3 Å². The van der Waals surface area contributed by atoms with Crippen LogP contribution in [0, 0.1) is 20.8 Å². The molecule has 0 aliphatic heterocycles. The predicted octanol–water partition coefficient (Wildman–Crippen LogP) is 2.54. The van der Waals surface area contributed by atoms with Crippen LogP contribution in [0.2, 0.25) is 0 Å². The first kappa shape index (κ1) is 24.4. The van der Waals surface area contributed by atoms with Crippen LogP contribution in [0.4, 0.5) is 5.69 Å². The van der Waals surface area contributed by atoms with Crippen LogP contribution in [-0.2, 0) is 26.2 Å². The van der Waals surface area contributed by atoms with Crippen LogP contribution in [0.15, 0.2) is 42.5 Å². The van der Waals surface area contributed by atoms with Crippen molar-refractivity contribution in [3.8, 4) is 0 Å². The molecule has 1 atom stereocenters. The molecule has 0 aliphatic rings. The average Bonchev–Trinajstić information content (AvgIpc) is 2.68. The molecule has 0 radical (unpaired) electrons. The van der Waals surface area contributed by atoms with Crippen molar-refractivity contribution in [1.82, 2.24) is 10.2 Å². The summed E-state index contributed by atoms with van der Waals surface area (Å²) in [5, 5.41) is 2.57. The van der Waals surface area contributed by atoms with Gasteiger partial charge in [-0.05, 0) is 62.1 Å². The van der Waals surface area contributed by atoms with Crippen LogP contribution in [0.3, 0.4) is 0 Å². The number of anilines is 1. The van der Waals surface area contributed by atoms with E-state index in [9.17, 15) is 18.0 Å². The molecule has 0 saturated carbocycles. The van der Waals surface area contributed by atoms with Gasteiger partial charge in [0.1, 0.15) is 12.6 Å². The summed E-state index contributed by atoms with van der Waals surface area (Å²) in [6, 6.07) is 12.2. The molecule has 1 N–H and O–H groups in total. The number of hydrogen-bond acceptors (Lipinski definition) is 4. The average molecular weight is 446 g/mol. The van der Waals surface area contributed by atoms with Gasteiger partial charge in [-0.1, -0.05) is 30.3 Å².